The minimum atomic E-state index is -3.89. The third-order valence-electron chi connectivity index (χ3n) is 6.60. The van der Waals surface area contributed by atoms with Gasteiger partial charge in [0.05, 0.1) is 28.6 Å². The van der Waals surface area contributed by atoms with Crippen LogP contribution in [0.1, 0.15) is 53.4 Å². The van der Waals surface area contributed by atoms with Gasteiger partial charge in [0.15, 0.2) is 6.29 Å². The van der Waals surface area contributed by atoms with Gasteiger partial charge in [-0.15, -0.1) is 0 Å². The second kappa shape index (κ2) is 9.44. The monoisotopic (exact) mass is 501 g/mol. The molecule has 2 heterocycles. The molecular weight excluding hydrogens is 466 g/mol. The highest BCUT2D eigenvalue weighted by atomic mass is 32.2. The van der Waals surface area contributed by atoms with Gasteiger partial charge in [0.1, 0.15) is 0 Å². The summed E-state index contributed by atoms with van der Waals surface area (Å²) in [5, 5.41) is 0. The molecule has 35 heavy (non-hydrogen) atoms. The van der Waals surface area contributed by atoms with Crippen molar-refractivity contribution in [3.05, 3.63) is 58.5 Å². The molecule has 1 saturated heterocycles. The SMILES string of the molecule is CCn1c(=O)n(CC)c2cc(S(=O)(=O)Nc3cccc([C@H]4OCC(C)(C)[C@@H](C(C)C)O4)c3)ccc21. The molecule has 1 N–H and O–H groups in total. The highest BCUT2D eigenvalue weighted by Crippen LogP contribution is 2.40. The fraction of sp³-hybridized carbons (Fsp3) is 0.500. The lowest BCUT2D eigenvalue weighted by molar-refractivity contribution is -0.274. The van der Waals surface area contributed by atoms with Gasteiger partial charge in [-0.05, 0) is 50.1 Å². The molecule has 2 aromatic carbocycles. The molecule has 1 fully saturated rings. The van der Waals surface area contributed by atoms with Gasteiger partial charge >= 0.3 is 5.69 Å². The number of rotatable bonds is 7. The van der Waals surface area contributed by atoms with Crippen LogP contribution in [0.15, 0.2) is 52.2 Å². The third-order valence-corrected chi connectivity index (χ3v) is 7.98. The Morgan fingerprint density at radius 1 is 1.06 bits per heavy atom. The molecule has 4 rings (SSSR count). The van der Waals surface area contributed by atoms with Crippen LogP contribution in [0.5, 0.6) is 0 Å². The van der Waals surface area contributed by atoms with E-state index in [1.165, 1.54) is 6.07 Å². The number of imidazole rings is 1. The number of sulfonamides is 1. The van der Waals surface area contributed by atoms with Crippen molar-refractivity contribution in [1.82, 2.24) is 9.13 Å². The molecule has 1 aliphatic heterocycles. The van der Waals surface area contributed by atoms with Gasteiger partial charge in [-0.25, -0.2) is 13.2 Å². The van der Waals surface area contributed by atoms with E-state index in [4.69, 9.17) is 9.47 Å². The van der Waals surface area contributed by atoms with Crippen molar-refractivity contribution in [2.75, 3.05) is 11.3 Å². The Morgan fingerprint density at radius 3 is 2.40 bits per heavy atom. The largest absolute Gasteiger partial charge is 0.348 e. The molecule has 1 aromatic heterocycles. The Labute approximate surface area is 206 Å². The number of nitrogens with zero attached hydrogens (tertiary/aromatic N) is 2. The Morgan fingerprint density at radius 2 is 1.74 bits per heavy atom. The Bertz CT molecular complexity index is 1390. The fourth-order valence-corrected chi connectivity index (χ4v) is 6.07. The van der Waals surface area contributed by atoms with Crippen LogP contribution >= 0.6 is 0 Å². The van der Waals surface area contributed by atoms with Gasteiger partial charge in [-0.1, -0.05) is 39.8 Å². The van der Waals surface area contributed by atoms with E-state index in [0.29, 0.717) is 36.8 Å². The Balaban J connectivity index is 1.62. The van der Waals surface area contributed by atoms with Crippen molar-refractivity contribution in [3.8, 4) is 0 Å². The van der Waals surface area contributed by atoms with Crippen molar-refractivity contribution in [3.63, 3.8) is 0 Å². The summed E-state index contributed by atoms with van der Waals surface area (Å²) in [5.74, 6) is 0.316. The van der Waals surface area contributed by atoms with Gasteiger partial charge in [-0.2, -0.15) is 0 Å². The van der Waals surface area contributed by atoms with Crippen molar-refractivity contribution in [2.24, 2.45) is 11.3 Å². The summed E-state index contributed by atoms with van der Waals surface area (Å²) in [4.78, 5) is 12.7. The second-order valence-electron chi connectivity index (χ2n) is 10.1. The van der Waals surface area contributed by atoms with Crippen LogP contribution in [-0.4, -0.2) is 30.3 Å². The van der Waals surface area contributed by atoms with Crippen molar-refractivity contribution >= 4 is 26.7 Å². The van der Waals surface area contributed by atoms with Gasteiger partial charge in [-0.3, -0.25) is 13.9 Å². The lowest BCUT2D eigenvalue weighted by Gasteiger charge is -2.44. The Kier molecular flexibility index (Phi) is 6.87. The minimum Gasteiger partial charge on any atom is -0.348 e. The molecule has 190 valence electrons. The number of ether oxygens (including phenoxy) is 2. The van der Waals surface area contributed by atoms with E-state index in [-0.39, 0.29) is 22.1 Å². The predicted molar refractivity (Wildman–Crippen MR) is 137 cm³/mol. The third kappa shape index (κ3) is 4.77. The lowest BCUT2D eigenvalue weighted by Crippen LogP contribution is -2.45. The van der Waals surface area contributed by atoms with E-state index < -0.39 is 16.3 Å². The van der Waals surface area contributed by atoms with Crippen LogP contribution in [0, 0.1) is 11.3 Å². The highest BCUT2D eigenvalue weighted by molar-refractivity contribution is 7.92. The summed E-state index contributed by atoms with van der Waals surface area (Å²) in [6.07, 6.45) is -0.552. The smallest absolute Gasteiger partial charge is 0.329 e. The zero-order chi connectivity index (χ0) is 25.5. The van der Waals surface area contributed by atoms with Gasteiger partial charge in [0.25, 0.3) is 10.0 Å². The summed E-state index contributed by atoms with van der Waals surface area (Å²) in [7, 11) is -3.89. The van der Waals surface area contributed by atoms with E-state index in [0.717, 1.165) is 11.1 Å². The number of nitrogens with one attached hydrogen (secondary N) is 1. The number of hydrogen-bond donors (Lipinski definition) is 1. The lowest BCUT2D eigenvalue weighted by atomic mass is 9.80. The maximum Gasteiger partial charge on any atom is 0.329 e. The number of anilines is 1. The molecule has 1 aliphatic rings. The molecule has 2 atom stereocenters. The maximum absolute atomic E-state index is 13.3. The molecule has 3 aromatic rings. The van der Waals surface area contributed by atoms with E-state index in [1.807, 2.05) is 19.9 Å². The van der Waals surface area contributed by atoms with Gasteiger partial charge < -0.3 is 9.47 Å². The molecule has 0 aliphatic carbocycles. The van der Waals surface area contributed by atoms with E-state index >= 15 is 0 Å². The van der Waals surface area contributed by atoms with Crippen molar-refractivity contribution in [1.29, 1.82) is 0 Å². The second-order valence-corrected chi connectivity index (χ2v) is 11.8. The number of aromatic nitrogens is 2. The van der Waals surface area contributed by atoms with Gasteiger partial charge in [0.2, 0.25) is 0 Å². The Hall–Kier alpha value is -2.62. The summed E-state index contributed by atoms with van der Waals surface area (Å²) in [5.41, 5.74) is 2.23. The quantitative estimate of drug-likeness (QED) is 0.505. The van der Waals surface area contributed by atoms with Crippen LogP contribution in [0.4, 0.5) is 5.69 Å². The van der Waals surface area contributed by atoms with Crippen LogP contribution in [0.25, 0.3) is 11.0 Å². The first-order chi connectivity index (χ1) is 16.5. The fourth-order valence-electron chi connectivity index (χ4n) is 5.00. The van der Waals surface area contributed by atoms with E-state index in [2.05, 4.69) is 32.4 Å². The molecule has 0 amide bonds. The van der Waals surface area contributed by atoms with Crippen LogP contribution in [-0.2, 0) is 32.6 Å². The molecule has 0 bridgehead atoms. The van der Waals surface area contributed by atoms with E-state index in [1.54, 1.807) is 39.5 Å². The van der Waals surface area contributed by atoms with Crippen LogP contribution in [0.2, 0.25) is 0 Å². The summed E-state index contributed by atoms with van der Waals surface area (Å²) >= 11 is 0. The van der Waals surface area contributed by atoms with Crippen LogP contribution < -0.4 is 10.4 Å². The normalized spacial score (nSPS) is 20.4. The first-order valence-corrected chi connectivity index (χ1v) is 13.6. The average Bonchev–Trinajstić information content (AvgIpc) is 3.08. The van der Waals surface area contributed by atoms with Crippen molar-refractivity contribution < 1.29 is 17.9 Å². The first kappa shape index (κ1) is 25.5. The standard InChI is InChI=1S/C26H35N3O5S/c1-7-28-21-13-12-20(15-22(21)29(8-2)25(28)30)35(31,32)27-19-11-9-10-18(14-19)24-33-16-26(5,6)23(34-24)17(3)4/h9-15,17,23-24,27H,7-8,16H2,1-6H3/t23-,24+/m1/s1. The zero-order valence-electron chi connectivity index (χ0n) is 21.2. The van der Waals surface area contributed by atoms with Crippen molar-refractivity contribution in [2.45, 2.75) is 71.9 Å². The molecule has 0 radical (unpaired) electrons. The van der Waals surface area contributed by atoms with E-state index in [9.17, 15) is 13.2 Å². The average molecular weight is 502 g/mol. The highest BCUT2D eigenvalue weighted by Gasteiger charge is 2.40. The molecule has 0 unspecified atom stereocenters. The van der Waals surface area contributed by atoms with Crippen LogP contribution in [0.3, 0.4) is 0 Å². The number of hydrogen-bond acceptors (Lipinski definition) is 5. The minimum absolute atomic E-state index is 0.0138. The maximum atomic E-state index is 13.3. The number of fused-ring (bicyclic) bond motifs is 1. The molecule has 0 saturated carbocycles. The number of benzene rings is 2. The van der Waals surface area contributed by atoms with Gasteiger partial charge in [0, 0.05) is 29.8 Å². The summed E-state index contributed by atoms with van der Waals surface area (Å²) in [6.45, 7) is 13.8. The summed E-state index contributed by atoms with van der Waals surface area (Å²) in [6, 6.07) is 11.9. The molecule has 8 nitrogen and oxygen atoms in total. The number of aryl methyl sites for hydroxylation is 2. The molecule has 9 heteroatoms. The topological polar surface area (TPSA) is 91.6 Å². The predicted octanol–water partition coefficient (Wildman–Crippen LogP) is 4.74. The molecule has 0 spiro atoms. The first-order valence-electron chi connectivity index (χ1n) is 12.1. The zero-order valence-corrected chi connectivity index (χ0v) is 22.1. The summed E-state index contributed by atoms with van der Waals surface area (Å²) < 4.78 is 44.7. The molecular formula is C26H35N3O5S.